The van der Waals surface area contributed by atoms with E-state index in [-0.39, 0.29) is 0 Å². The Balaban J connectivity index is 1.21. The number of hydrogen-bond acceptors (Lipinski definition) is 1. The van der Waals surface area contributed by atoms with Crippen LogP contribution in [0.1, 0.15) is 0 Å². The summed E-state index contributed by atoms with van der Waals surface area (Å²) in [5.74, 6) is 0.887. The van der Waals surface area contributed by atoms with Crippen molar-refractivity contribution < 1.29 is 4.42 Å². The first-order valence-corrected chi connectivity index (χ1v) is 16.8. The molecule has 1 heterocycles. The van der Waals surface area contributed by atoms with Crippen LogP contribution >= 0.6 is 0 Å². The maximum absolute atomic E-state index is 6.55. The standard InChI is InChI=1S/C48H30O/c1-3-9-31(10-4-1)33-15-19-35(20-16-33)39-25-23-37-24-26-41-43(36-21-17-34(18-22-36)32-11-5-2-6-12-32)30-44(42-28-27-40(39)47(37)48(41)42)46-29-38-13-7-8-14-45(38)49-46/h1-30H. The molecule has 0 unspecified atom stereocenters. The van der Waals surface area contributed by atoms with E-state index in [0.717, 1.165) is 22.3 Å². The van der Waals surface area contributed by atoms with Crippen molar-refractivity contribution in [3.05, 3.63) is 182 Å². The van der Waals surface area contributed by atoms with Crippen LogP contribution < -0.4 is 0 Å². The fraction of sp³-hybridized carbons (Fsp3) is 0. The molecule has 0 saturated heterocycles. The predicted octanol–water partition coefficient (Wildman–Crippen LogP) is 13.7. The lowest BCUT2D eigenvalue weighted by Gasteiger charge is -2.19. The van der Waals surface area contributed by atoms with Gasteiger partial charge in [-0.25, -0.2) is 0 Å². The lowest BCUT2D eigenvalue weighted by atomic mass is 9.84. The summed E-state index contributed by atoms with van der Waals surface area (Å²) in [7, 11) is 0. The van der Waals surface area contributed by atoms with Gasteiger partial charge >= 0.3 is 0 Å². The van der Waals surface area contributed by atoms with Crippen LogP contribution in [-0.2, 0) is 0 Å². The Labute approximate surface area is 284 Å². The number of para-hydroxylation sites is 1. The quantitative estimate of drug-likeness (QED) is 0.174. The molecule has 0 fully saturated rings. The number of fused-ring (bicyclic) bond motifs is 1. The Morgan fingerprint density at radius 2 is 0.776 bits per heavy atom. The van der Waals surface area contributed by atoms with E-state index in [1.807, 2.05) is 12.1 Å². The summed E-state index contributed by atoms with van der Waals surface area (Å²) in [5.41, 5.74) is 11.7. The van der Waals surface area contributed by atoms with Crippen molar-refractivity contribution in [2.45, 2.75) is 0 Å². The highest BCUT2D eigenvalue weighted by Gasteiger charge is 2.20. The number of benzene rings is 9. The Morgan fingerprint density at radius 1 is 0.286 bits per heavy atom. The minimum absolute atomic E-state index is 0.887. The Hall–Kier alpha value is -6.44. The summed E-state index contributed by atoms with van der Waals surface area (Å²) >= 11 is 0. The average molecular weight is 623 g/mol. The molecule has 0 spiro atoms. The molecule has 10 rings (SSSR count). The zero-order chi connectivity index (χ0) is 32.3. The molecule has 228 valence electrons. The Morgan fingerprint density at radius 3 is 1.43 bits per heavy atom. The van der Waals surface area contributed by atoms with Crippen molar-refractivity contribution in [1.82, 2.24) is 0 Å². The third-order valence-electron chi connectivity index (χ3n) is 10.1. The van der Waals surface area contributed by atoms with Crippen LogP contribution in [0.3, 0.4) is 0 Å². The molecular formula is C48H30O. The zero-order valence-corrected chi connectivity index (χ0v) is 26.7. The number of rotatable bonds is 5. The smallest absolute Gasteiger partial charge is 0.136 e. The highest BCUT2D eigenvalue weighted by molar-refractivity contribution is 6.30. The molecule has 0 atom stereocenters. The molecule has 0 saturated carbocycles. The Bertz CT molecular complexity index is 2740. The van der Waals surface area contributed by atoms with Gasteiger partial charge < -0.3 is 4.42 Å². The predicted molar refractivity (Wildman–Crippen MR) is 207 cm³/mol. The summed E-state index contributed by atoms with van der Waals surface area (Å²) in [4.78, 5) is 0. The van der Waals surface area contributed by atoms with E-state index >= 15 is 0 Å². The first kappa shape index (κ1) is 27.7. The van der Waals surface area contributed by atoms with E-state index in [0.29, 0.717) is 0 Å². The fourth-order valence-corrected chi connectivity index (χ4v) is 7.65. The zero-order valence-electron chi connectivity index (χ0n) is 26.7. The van der Waals surface area contributed by atoms with Crippen LogP contribution in [0, 0.1) is 0 Å². The van der Waals surface area contributed by atoms with Gasteiger partial charge in [0.1, 0.15) is 11.3 Å². The third kappa shape index (κ3) is 4.55. The first-order chi connectivity index (χ1) is 24.3. The lowest BCUT2D eigenvalue weighted by Crippen LogP contribution is -1.92. The molecule has 0 N–H and O–H groups in total. The van der Waals surface area contributed by atoms with Crippen molar-refractivity contribution in [3.63, 3.8) is 0 Å². The second-order valence-corrected chi connectivity index (χ2v) is 12.9. The summed E-state index contributed by atoms with van der Waals surface area (Å²) < 4.78 is 6.55. The average Bonchev–Trinajstić information content (AvgIpc) is 3.62. The van der Waals surface area contributed by atoms with Crippen LogP contribution in [-0.4, -0.2) is 0 Å². The molecule has 0 bridgehead atoms. The van der Waals surface area contributed by atoms with E-state index < -0.39 is 0 Å². The molecular weight excluding hydrogens is 593 g/mol. The highest BCUT2D eigenvalue weighted by atomic mass is 16.3. The van der Waals surface area contributed by atoms with Gasteiger partial charge in [-0.2, -0.15) is 0 Å². The summed E-state index contributed by atoms with van der Waals surface area (Å²) in [5, 5.41) is 8.63. The molecule has 9 aromatic carbocycles. The molecule has 0 aliphatic rings. The van der Waals surface area contributed by atoms with Gasteiger partial charge in [0.25, 0.3) is 0 Å². The molecule has 49 heavy (non-hydrogen) atoms. The minimum atomic E-state index is 0.887. The van der Waals surface area contributed by atoms with Crippen LogP contribution in [0.25, 0.3) is 99.1 Å². The number of hydrogen-bond donors (Lipinski definition) is 0. The van der Waals surface area contributed by atoms with Crippen LogP contribution in [0.4, 0.5) is 0 Å². The maximum atomic E-state index is 6.55. The maximum Gasteiger partial charge on any atom is 0.136 e. The molecule has 0 amide bonds. The fourth-order valence-electron chi connectivity index (χ4n) is 7.65. The van der Waals surface area contributed by atoms with Gasteiger partial charge in [-0.3, -0.25) is 0 Å². The molecule has 0 aliphatic heterocycles. The van der Waals surface area contributed by atoms with Crippen molar-refractivity contribution in [2.24, 2.45) is 0 Å². The van der Waals surface area contributed by atoms with Gasteiger partial charge in [-0.1, -0.05) is 164 Å². The van der Waals surface area contributed by atoms with Crippen molar-refractivity contribution >= 4 is 43.3 Å². The van der Waals surface area contributed by atoms with E-state index in [1.54, 1.807) is 0 Å². The third-order valence-corrected chi connectivity index (χ3v) is 10.1. The lowest BCUT2D eigenvalue weighted by molar-refractivity contribution is 0.632. The largest absolute Gasteiger partial charge is 0.456 e. The van der Waals surface area contributed by atoms with E-state index in [1.165, 1.54) is 76.8 Å². The van der Waals surface area contributed by atoms with Crippen molar-refractivity contribution in [2.75, 3.05) is 0 Å². The summed E-state index contributed by atoms with van der Waals surface area (Å²) in [6, 6.07) is 65.7. The van der Waals surface area contributed by atoms with E-state index in [9.17, 15) is 0 Å². The topological polar surface area (TPSA) is 13.1 Å². The minimum Gasteiger partial charge on any atom is -0.456 e. The normalized spacial score (nSPS) is 11.7. The molecule has 1 nitrogen and oxygen atoms in total. The van der Waals surface area contributed by atoms with Crippen molar-refractivity contribution in [3.8, 4) is 55.8 Å². The van der Waals surface area contributed by atoms with Gasteiger partial charge in [-0.15, -0.1) is 0 Å². The molecule has 1 aromatic heterocycles. The van der Waals surface area contributed by atoms with E-state index in [4.69, 9.17) is 4.42 Å². The first-order valence-electron chi connectivity index (χ1n) is 16.8. The molecule has 10 aromatic rings. The van der Waals surface area contributed by atoms with Gasteiger partial charge in [0.2, 0.25) is 0 Å². The van der Waals surface area contributed by atoms with Gasteiger partial charge in [0.05, 0.1) is 0 Å². The van der Waals surface area contributed by atoms with Crippen LogP contribution in [0.2, 0.25) is 0 Å². The van der Waals surface area contributed by atoms with Gasteiger partial charge in [0, 0.05) is 10.9 Å². The summed E-state index contributed by atoms with van der Waals surface area (Å²) in [6.07, 6.45) is 0. The molecule has 0 aliphatic carbocycles. The second-order valence-electron chi connectivity index (χ2n) is 12.9. The molecule has 0 radical (unpaired) electrons. The van der Waals surface area contributed by atoms with Crippen molar-refractivity contribution in [1.29, 1.82) is 0 Å². The van der Waals surface area contributed by atoms with E-state index in [2.05, 4.69) is 170 Å². The highest BCUT2D eigenvalue weighted by Crippen LogP contribution is 2.47. The van der Waals surface area contributed by atoms with Crippen LogP contribution in [0.5, 0.6) is 0 Å². The Kier molecular flexibility index (Phi) is 6.25. The number of furan rings is 1. The van der Waals surface area contributed by atoms with Crippen LogP contribution in [0.15, 0.2) is 186 Å². The second kappa shape index (κ2) is 11.1. The van der Waals surface area contributed by atoms with Gasteiger partial charge in [-0.05, 0) is 95.0 Å². The molecule has 1 heteroatoms. The SMILES string of the molecule is c1ccc(-c2ccc(-c3ccc4ccc5c(-c6ccc(-c7ccccc7)cc6)cc(-c6cc7ccccc7o6)c6ccc3c4c56)cc2)cc1. The summed E-state index contributed by atoms with van der Waals surface area (Å²) in [6.45, 7) is 0. The monoisotopic (exact) mass is 622 g/mol. The van der Waals surface area contributed by atoms with Gasteiger partial charge in [0.15, 0.2) is 0 Å².